The first-order valence-corrected chi connectivity index (χ1v) is 8.58. The Hall–Kier alpha value is -1.45. The summed E-state index contributed by atoms with van der Waals surface area (Å²) in [6, 6.07) is 0.373. The molecule has 0 saturated heterocycles. The maximum absolute atomic E-state index is 12.4. The molecule has 122 valence electrons. The molecule has 2 N–H and O–H groups in total. The molecule has 1 fully saturated rings. The van der Waals surface area contributed by atoms with Crippen LogP contribution in [0.15, 0.2) is 10.7 Å². The van der Waals surface area contributed by atoms with Crippen molar-refractivity contribution in [3.63, 3.8) is 0 Å². The van der Waals surface area contributed by atoms with E-state index in [1.807, 2.05) is 6.26 Å². The maximum atomic E-state index is 12.4. The molecule has 22 heavy (non-hydrogen) atoms. The summed E-state index contributed by atoms with van der Waals surface area (Å²) in [5.74, 6) is 1.04. The largest absolute Gasteiger partial charge is 0.469 e. The number of fused-ring (bicyclic) bond motifs is 1. The van der Waals surface area contributed by atoms with Crippen LogP contribution >= 0.6 is 0 Å². The minimum atomic E-state index is -0.0267. The third-order valence-electron chi connectivity index (χ3n) is 5.09. The molecule has 0 radical (unpaired) electrons. The maximum Gasteiger partial charge on any atom is 0.315 e. The molecule has 0 spiro atoms. The Balaban J connectivity index is 1.68. The molecule has 1 aromatic rings. The van der Waals surface area contributed by atoms with E-state index in [1.165, 1.54) is 24.8 Å². The van der Waals surface area contributed by atoms with Crippen LogP contribution in [0.3, 0.4) is 0 Å². The van der Waals surface area contributed by atoms with Gasteiger partial charge in [-0.2, -0.15) is 0 Å². The fourth-order valence-electron chi connectivity index (χ4n) is 4.03. The smallest absolute Gasteiger partial charge is 0.315 e. The van der Waals surface area contributed by atoms with Gasteiger partial charge in [-0.05, 0) is 37.2 Å². The number of amides is 2. The molecular formula is C18H28N2O2. The van der Waals surface area contributed by atoms with Gasteiger partial charge in [0.05, 0.1) is 12.3 Å². The van der Waals surface area contributed by atoms with Crippen molar-refractivity contribution in [2.75, 3.05) is 0 Å². The second-order valence-electron chi connectivity index (χ2n) is 7.81. The lowest BCUT2D eigenvalue weighted by Crippen LogP contribution is -2.46. The molecule has 0 aromatic carbocycles. The number of carbonyl (C=O) groups excluding carboxylic acids is 1. The van der Waals surface area contributed by atoms with Crippen LogP contribution in [0.25, 0.3) is 0 Å². The normalized spacial score (nSPS) is 24.6. The quantitative estimate of drug-likeness (QED) is 0.859. The lowest BCUT2D eigenvalue weighted by atomic mass is 9.74. The molecule has 4 heteroatoms. The monoisotopic (exact) mass is 304 g/mol. The second kappa shape index (κ2) is 5.98. The van der Waals surface area contributed by atoms with Crippen molar-refractivity contribution in [2.45, 2.75) is 77.8 Å². The highest BCUT2D eigenvalue weighted by Gasteiger charge is 2.36. The van der Waals surface area contributed by atoms with Gasteiger partial charge in [-0.25, -0.2) is 4.79 Å². The number of rotatable bonds is 2. The van der Waals surface area contributed by atoms with E-state index in [0.29, 0.717) is 6.04 Å². The molecule has 0 bridgehead atoms. The summed E-state index contributed by atoms with van der Waals surface area (Å²) in [7, 11) is 0. The Morgan fingerprint density at radius 3 is 2.68 bits per heavy atom. The zero-order valence-electron chi connectivity index (χ0n) is 14.0. The predicted molar refractivity (Wildman–Crippen MR) is 86.8 cm³/mol. The van der Waals surface area contributed by atoms with Crippen molar-refractivity contribution in [3.8, 4) is 0 Å². The van der Waals surface area contributed by atoms with E-state index >= 15 is 0 Å². The molecule has 0 aliphatic heterocycles. The van der Waals surface area contributed by atoms with E-state index in [2.05, 4.69) is 31.4 Å². The second-order valence-corrected chi connectivity index (χ2v) is 7.81. The van der Waals surface area contributed by atoms with Gasteiger partial charge in [0.15, 0.2) is 0 Å². The highest BCUT2D eigenvalue weighted by molar-refractivity contribution is 5.75. The molecule has 1 aromatic heterocycles. The van der Waals surface area contributed by atoms with Gasteiger partial charge in [0.25, 0.3) is 0 Å². The highest BCUT2D eigenvalue weighted by atomic mass is 16.3. The van der Waals surface area contributed by atoms with Crippen LogP contribution in [0, 0.1) is 12.3 Å². The summed E-state index contributed by atoms with van der Waals surface area (Å²) in [6.07, 6.45) is 9.70. The van der Waals surface area contributed by atoms with Crippen LogP contribution in [-0.2, 0) is 6.42 Å². The predicted octanol–water partition coefficient (Wildman–Crippen LogP) is 4.23. The molecule has 1 unspecified atom stereocenters. The van der Waals surface area contributed by atoms with Crippen molar-refractivity contribution < 1.29 is 9.21 Å². The van der Waals surface area contributed by atoms with Crippen LogP contribution in [-0.4, -0.2) is 12.1 Å². The van der Waals surface area contributed by atoms with Gasteiger partial charge in [0.2, 0.25) is 0 Å². The van der Waals surface area contributed by atoms with E-state index in [-0.39, 0.29) is 17.5 Å². The first kappa shape index (κ1) is 15.4. The Bertz CT molecular complexity index is 541. The lowest BCUT2D eigenvalue weighted by Gasteiger charge is -2.35. The van der Waals surface area contributed by atoms with Gasteiger partial charge in [0, 0.05) is 18.0 Å². The van der Waals surface area contributed by atoms with Crippen molar-refractivity contribution in [1.82, 2.24) is 10.6 Å². The summed E-state index contributed by atoms with van der Waals surface area (Å²) in [5.41, 5.74) is 2.49. The lowest BCUT2D eigenvalue weighted by molar-refractivity contribution is 0.209. The van der Waals surface area contributed by atoms with Gasteiger partial charge in [0.1, 0.15) is 5.76 Å². The van der Waals surface area contributed by atoms with Crippen molar-refractivity contribution in [2.24, 2.45) is 5.41 Å². The molecule has 1 heterocycles. The topological polar surface area (TPSA) is 54.3 Å². The van der Waals surface area contributed by atoms with Crippen LogP contribution in [0.2, 0.25) is 0 Å². The van der Waals surface area contributed by atoms with Crippen molar-refractivity contribution >= 4 is 6.03 Å². The van der Waals surface area contributed by atoms with Gasteiger partial charge in [-0.15, -0.1) is 0 Å². The molecule has 4 nitrogen and oxygen atoms in total. The number of hydrogen-bond donors (Lipinski definition) is 2. The summed E-state index contributed by atoms with van der Waals surface area (Å²) < 4.78 is 5.71. The highest BCUT2D eigenvalue weighted by Crippen LogP contribution is 2.42. The van der Waals surface area contributed by atoms with Gasteiger partial charge in [-0.1, -0.05) is 33.1 Å². The zero-order chi connectivity index (χ0) is 15.7. The zero-order valence-corrected chi connectivity index (χ0v) is 14.0. The summed E-state index contributed by atoms with van der Waals surface area (Å²) in [4.78, 5) is 12.4. The standard InChI is InChI=1S/C18H28N2O2/c1-12-11-22-15-10-18(2,3)9-14(16(12)15)20-17(21)19-13-7-5-4-6-8-13/h11,13-14H,4-10H2,1-3H3,(H2,19,20,21). The Labute approximate surface area is 133 Å². The van der Waals surface area contributed by atoms with Crippen LogP contribution < -0.4 is 10.6 Å². The first-order valence-electron chi connectivity index (χ1n) is 8.58. The first-order chi connectivity index (χ1) is 10.4. The molecule has 1 saturated carbocycles. The Morgan fingerprint density at radius 2 is 1.95 bits per heavy atom. The van der Waals surface area contributed by atoms with E-state index in [4.69, 9.17) is 4.42 Å². The third kappa shape index (κ3) is 3.31. The third-order valence-corrected chi connectivity index (χ3v) is 5.09. The molecule has 1 atom stereocenters. The van der Waals surface area contributed by atoms with Gasteiger partial charge < -0.3 is 15.1 Å². The number of furan rings is 1. The van der Waals surface area contributed by atoms with Crippen LogP contribution in [0.4, 0.5) is 4.79 Å². The molecule has 2 amide bonds. The van der Waals surface area contributed by atoms with Crippen LogP contribution in [0.1, 0.15) is 75.3 Å². The molecule has 3 rings (SSSR count). The average Bonchev–Trinajstić information content (AvgIpc) is 2.79. The number of hydrogen-bond acceptors (Lipinski definition) is 2. The average molecular weight is 304 g/mol. The summed E-state index contributed by atoms with van der Waals surface area (Å²) in [6.45, 7) is 6.54. The fraction of sp³-hybridized carbons (Fsp3) is 0.722. The Kier molecular flexibility index (Phi) is 4.20. The SMILES string of the molecule is Cc1coc2c1C(NC(=O)NC1CCCCC1)CC(C)(C)C2. The minimum absolute atomic E-state index is 0.0267. The van der Waals surface area contributed by atoms with Gasteiger partial charge >= 0.3 is 6.03 Å². The number of urea groups is 1. The fourth-order valence-corrected chi connectivity index (χ4v) is 4.03. The molecular weight excluding hydrogens is 276 g/mol. The van der Waals surface area contributed by atoms with Gasteiger partial charge in [-0.3, -0.25) is 0 Å². The summed E-state index contributed by atoms with van der Waals surface area (Å²) >= 11 is 0. The minimum Gasteiger partial charge on any atom is -0.469 e. The summed E-state index contributed by atoms with van der Waals surface area (Å²) in [5, 5.41) is 6.35. The number of aryl methyl sites for hydroxylation is 1. The van der Waals surface area contributed by atoms with E-state index in [0.717, 1.165) is 37.0 Å². The van der Waals surface area contributed by atoms with Crippen molar-refractivity contribution in [1.29, 1.82) is 0 Å². The molecule has 2 aliphatic rings. The number of nitrogens with one attached hydrogen (secondary N) is 2. The van der Waals surface area contributed by atoms with E-state index in [9.17, 15) is 4.79 Å². The molecule has 2 aliphatic carbocycles. The van der Waals surface area contributed by atoms with E-state index in [1.54, 1.807) is 0 Å². The van der Waals surface area contributed by atoms with E-state index < -0.39 is 0 Å². The van der Waals surface area contributed by atoms with Crippen molar-refractivity contribution in [3.05, 3.63) is 23.2 Å². The van der Waals surface area contributed by atoms with Crippen LogP contribution in [0.5, 0.6) is 0 Å². The Morgan fingerprint density at radius 1 is 1.23 bits per heavy atom. The number of carbonyl (C=O) groups is 1.